The van der Waals surface area contributed by atoms with Gasteiger partial charge in [-0.2, -0.15) is 9.43 Å². The number of benzene rings is 2. The van der Waals surface area contributed by atoms with Crippen LogP contribution in [0.4, 0.5) is 0 Å². The van der Waals surface area contributed by atoms with E-state index in [1.807, 2.05) is 35.0 Å². The molecule has 2 aromatic carbocycles. The van der Waals surface area contributed by atoms with Gasteiger partial charge in [-0.3, -0.25) is 4.79 Å². The summed E-state index contributed by atoms with van der Waals surface area (Å²) >= 11 is 1.14. The number of aromatic nitrogens is 2. The van der Waals surface area contributed by atoms with Crippen LogP contribution in [-0.2, 0) is 20.4 Å². The number of hydrogen-bond acceptors (Lipinski definition) is 6. The summed E-state index contributed by atoms with van der Waals surface area (Å²) in [7, 11) is 1.47. The summed E-state index contributed by atoms with van der Waals surface area (Å²) < 4.78 is 6.81. The maximum atomic E-state index is 11.9. The first kappa shape index (κ1) is 24.9. The lowest BCUT2D eigenvalue weighted by molar-refractivity contribution is -0.160. The highest BCUT2D eigenvalue weighted by molar-refractivity contribution is 7.94. The van der Waals surface area contributed by atoms with Crippen LogP contribution in [0.2, 0.25) is 0 Å². The topological polar surface area (TPSA) is 91.4 Å². The van der Waals surface area contributed by atoms with Gasteiger partial charge >= 0.3 is 0 Å². The largest absolute Gasteiger partial charge is 0.355 e. The Bertz CT molecular complexity index is 962. The lowest BCUT2D eigenvalue weighted by Crippen LogP contribution is -2.29. The van der Waals surface area contributed by atoms with Gasteiger partial charge in [-0.15, -0.1) is 12.4 Å². The van der Waals surface area contributed by atoms with E-state index in [9.17, 15) is 4.79 Å². The summed E-state index contributed by atoms with van der Waals surface area (Å²) in [6, 6.07) is 18.2. The molecule has 1 aromatic heterocycles. The van der Waals surface area contributed by atoms with Gasteiger partial charge in [-0.1, -0.05) is 29.8 Å². The van der Waals surface area contributed by atoms with Crippen molar-refractivity contribution in [2.75, 3.05) is 20.2 Å². The molecule has 0 spiro atoms. The number of carbonyl (C=O) groups excluding carboxylic acids is 1. The number of nitrogens with two attached hydrogens (primary N) is 1. The minimum absolute atomic E-state index is 0. The zero-order chi connectivity index (χ0) is 21.3. The van der Waals surface area contributed by atoms with Crippen molar-refractivity contribution in [3.8, 4) is 16.9 Å². The Hall–Kier alpha value is -2.36. The highest BCUT2D eigenvalue weighted by atomic mass is 35.5. The number of carbonyl (C=O) groups is 1. The number of nitrogens with zero attached hydrogens (tertiary/aromatic N) is 2. The summed E-state index contributed by atoms with van der Waals surface area (Å²) in [5, 5.41) is 7.57. The lowest BCUT2D eigenvalue weighted by Gasteiger charge is -2.09. The highest BCUT2D eigenvalue weighted by Gasteiger charge is 2.13. The Labute approximate surface area is 192 Å². The third-order valence-corrected chi connectivity index (χ3v) is 5.13. The smallest absolute Gasteiger partial charge is 0.220 e. The Kier molecular flexibility index (Phi) is 10.0. The van der Waals surface area contributed by atoms with E-state index in [1.54, 1.807) is 0 Å². The first-order valence-corrected chi connectivity index (χ1v) is 10.5. The number of halogens is 1. The van der Waals surface area contributed by atoms with Crippen molar-refractivity contribution in [3.63, 3.8) is 0 Å². The van der Waals surface area contributed by atoms with Gasteiger partial charge in [0, 0.05) is 36.4 Å². The van der Waals surface area contributed by atoms with Crippen LogP contribution in [0.1, 0.15) is 17.7 Å². The van der Waals surface area contributed by atoms with Crippen molar-refractivity contribution in [1.82, 2.24) is 15.1 Å². The van der Waals surface area contributed by atoms with Gasteiger partial charge in [0.1, 0.15) is 0 Å². The average Bonchev–Trinajstić information content (AvgIpc) is 3.20. The Morgan fingerprint density at radius 1 is 1.16 bits per heavy atom. The third kappa shape index (κ3) is 7.09. The Morgan fingerprint density at radius 2 is 1.87 bits per heavy atom. The van der Waals surface area contributed by atoms with Gasteiger partial charge < -0.3 is 11.1 Å². The van der Waals surface area contributed by atoms with Crippen LogP contribution < -0.4 is 11.1 Å². The van der Waals surface area contributed by atoms with E-state index in [0.29, 0.717) is 25.9 Å². The summed E-state index contributed by atoms with van der Waals surface area (Å²) in [6.45, 7) is 2.98. The molecule has 7 nitrogen and oxygen atoms in total. The molecule has 0 aliphatic carbocycles. The number of nitrogens with one attached hydrogen (secondary N) is 1. The first-order chi connectivity index (χ1) is 14.6. The molecule has 9 heteroatoms. The van der Waals surface area contributed by atoms with Crippen molar-refractivity contribution in [1.29, 1.82) is 0 Å². The summed E-state index contributed by atoms with van der Waals surface area (Å²) in [5.41, 5.74) is 10.4. The van der Waals surface area contributed by atoms with Gasteiger partial charge in [0.15, 0.2) is 0 Å². The molecule has 0 radical (unpaired) electrons. The molecule has 0 fully saturated rings. The minimum Gasteiger partial charge on any atom is -0.355 e. The second-order valence-corrected chi connectivity index (χ2v) is 7.52. The average molecular weight is 463 g/mol. The second kappa shape index (κ2) is 12.5. The quantitative estimate of drug-likeness (QED) is 0.270. The predicted octanol–water partition coefficient (Wildman–Crippen LogP) is 3.86. The zero-order valence-electron chi connectivity index (χ0n) is 17.5. The van der Waals surface area contributed by atoms with Crippen molar-refractivity contribution in [2.24, 2.45) is 5.73 Å². The minimum atomic E-state index is -0.0218. The van der Waals surface area contributed by atoms with Crippen LogP contribution >= 0.6 is 24.4 Å². The highest BCUT2D eigenvalue weighted by Crippen LogP contribution is 2.27. The molecule has 31 heavy (non-hydrogen) atoms. The van der Waals surface area contributed by atoms with Crippen molar-refractivity contribution in [3.05, 3.63) is 65.9 Å². The van der Waals surface area contributed by atoms with Crippen LogP contribution in [0.3, 0.4) is 0 Å². The Balaban J connectivity index is 0.00000341. The van der Waals surface area contributed by atoms with Crippen LogP contribution in [0, 0.1) is 6.92 Å². The van der Waals surface area contributed by atoms with Gasteiger partial charge in [0.2, 0.25) is 5.91 Å². The Morgan fingerprint density at radius 3 is 2.52 bits per heavy atom. The van der Waals surface area contributed by atoms with E-state index >= 15 is 0 Å². The third-order valence-electron chi connectivity index (χ3n) is 4.46. The number of rotatable bonds is 10. The van der Waals surface area contributed by atoms with E-state index in [-0.39, 0.29) is 18.3 Å². The molecule has 0 atom stereocenters. The number of amides is 1. The SMILES string of the molecule is COOSc1ccc(-n2nc(CCC(=O)NCCN)cc2-c2ccc(C)cc2)cc1.Cl. The molecule has 1 amide bonds. The molecule has 3 rings (SSSR count). The van der Waals surface area contributed by atoms with Gasteiger partial charge in [0.05, 0.1) is 36.2 Å². The molecule has 3 N–H and O–H groups in total. The molecule has 0 bridgehead atoms. The molecule has 3 aromatic rings. The molecule has 0 aliphatic rings. The maximum Gasteiger partial charge on any atom is 0.220 e. The van der Waals surface area contributed by atoms with Crippen LogP contribution in [0.15, 0.2) is 59.5 Å². The number of aryl methyl sites for hydroxylation is 2. The summed E-state index contributed by atoms with van der Waals surface area (Å²) in [5.74, 6) is -0.0218. The molecule has 0 unspecified atom stereocenters. The normalized spacial score (nSPS) is 10.5. The summed E-state index contributed by atoms with van der Waals surface area (Å²) in [4.78, 5) is 17.5. The monoisotopic (exact) mass is 462 g/mol. The fourth-order valence-electron chi connectivity index (χ4n) is 2.94. The first-order valence-electron chi connectivity index (χ1n) is 9.71. The van der Waals surface area contributed by atoms with Crippen molar-refractivity contribution >= 4 is 30.4 Å². The zero-order valence-corrected chi connectivity index (χ0v) is 19.2. The van der Waals surface area contributed by atoms with E-state index in [0.717, 1.165) is 39.6 Å². The van der Waals surface area contributed by atoms with E-state index in [1.165, 1.54) is 12.7 Å². The number of hydrogen-bond donors (Lipinski definition) is 2. The van der Waals surface area contributed by atoms with E-state index in [4.69, 9.17) is 15.2 Å². The molecule has 1 heterocycles. The maximum absolute atomic E-state index is 11.9. The van der Waals surface area contributed by atoms with Gasteiger partial charge in [0.25, 0.3) is 0 Å². The molecular weight excluding hydrogens is 436 g/mol. The van der Waals surface area contributed by atoms with Gasteiger partial charge in [-0.05, 0) is 37.3 Å². The fraction of sp³-hybridized carbons (Fsp3) is 0.273. The molecular formula is C22H27ClN4O3S. The molecule has 0 aliphatic heterocycles. The predicted molar refractivity (Wildman–Crippen MR) is 125 cm³/mol. The van der Waals surface area contributed by atoms with E-state index in [2.05, 4.69) is 41.4 Å². The molecule has 0 saturated heterocycles. The van der Waals surface area contributed by atoms with Crippen molar-refractivity contribution in [2.45, 2.75) is 24.7 Å². The second-order valence-electron chi connectivity index (χ2n) is 6.75. The van der Waals surface area contributed by atoms with Crippen LogP contribution in [0.5, 0.6) is 0 Å². The lowest BCUT2D eigenvalue weighted by atomic mass is 10.1. The van der Waals surface area contributed by atoms with Gasteiger partial charge in [-0.25, -0.2) is 9.57 Å². The summed E-state index contributed by atoms with van der Waals surface area (Å²) in [6.07, 6.45) is 0.923. The standard InChI is InChI=1S/C22H26N4O3S.ClH/c1-16-3-5-17(6-4-16)21-15-18(7-12-22(27)24-14-13-23)25-26(21)19-8-10-20(11-9-19)30-29-28-2;/h3-6,8-11,15H,7,12-14,23H2,1-2H3,(H,24,27);1H. The molecule has 166 valence electrons. The van der Waals surface area contributed by atoms with Crippen molar-refractivity contribution < 1.29 is 14.0 Å². The van der Waals surface area contributed by atoms with E-state index < -0.39 is 0 Å². The van der Waals surface area contributed by atoms with Crippen LogP contribution in [0.25, 0.3) is 16.9 Å². The molecule has 0 saturated carbocycles. The fourth-order valence-corrected chi connectivity index (χ4v) is 3.33. The van der Waals surface area contributed by atoms with Crippen LogP contribution in [-0.4, -0.2) is 35.9 Å².